The highest BCUT2D eigenvalue weighted by Gasteiger charge is 2.37. The van der Waals surface area contributed by atoms with Gasteiger partial charge in [0, 0.05) is 33.4 Å². The van der Waals surface area contributed by atoms with Crippen LogP contribution in [0, 0.1) is 0 Å². The SMILES string of the molecule is CC1(C)c2ccccc2-c2ccc(-c3nc(-c4ccccn4)nc(-c4cccc5c4oc4cc6c(cc45)-c4ccccc4C6(C)C)n3)cc21. The van der Waals surface area contributed by atoms with Crippen LogP contribution < -0.4 is 0 Å². The molecule has 0 spiro atoms. The van der Waals surface area contributed by atoms with E-state index in [9.17, 15) is 0 Å². The Morgan fingerprint density at radius 1 is 0.469 bits per heavy atom. The summed E-state index contributed by atoms with van der Waals surface area (Å²) in [6.07, 6.45) is 1.77. The zero-order valence-corrected chi connectivity index (χ0v) is 27.7. The van der Waals surface area contributed by atoms with Gasteiger partial charge in [-0.3, -0.25) is 4.98 Å². The van der Waals surface area contributed by atoms with Gasteiger partial charge in [0.05, 0.1) is 5.56 Å². The van der Waals surface area contributed by atoms with E-state index in [0.29, 0.717) is 23.2 Å². The highest BCUT2D eigenvalue weighted by molar-refractivity contribution is 6.11. The third-order valence-corrected chi connectivity index (χ3v) is 10.8. The molecule has 10 rings (SSSR count). The Morgan fingerprint density at radius 2 is 1.10 bits per heavy atom. The largest absolute Gasteiger partial charge is 0.455 e. The molecule has 3 aromatic heterocycles. The van der Waals surface area contributed by atoms with Crippen molar-refractivity contribution in [2.24, 2.45) is 0 Å². The molecular formula is C44H32N4O. The molecule has 2 aliphatic rings. The van der Waals surface area contributed by atoms with E-state index in [1.54, 1.807) is 6.20 Å². The molecule has 0 bridgehead atoms. The van der Waals surface area contributed by atoms with Crippen molar-refractivity contribution in [2.45, 2.75) is 38.5 Å². The van der Waals surface area contributed by atoms with Gasteiger partial charge in [-0.05, 0) is 80.9 Å². The van der Waals surface area contributed by atoms with Crippen LogP contribution in [0.1, 0.15) is 49.9 Å². The molecule has 0 N–H and O–H groups in total. The Balaban J connectivity index is 1.18. The van der Waals surface area contributed by atoms with E-state index in [1.165, 1.54) is 44.5 Å². The molecule has 2 aliphatic carbocycles. The average molecular weight is 633 g/mol. The molecular weight excluding hydrogens is 601 g/mol. The van der Waals surface area contributed by atoms with Gasteiger partial charge in [0.2, 0.25) is 0 Å². The Kier molecular flexibility index (Phi) is 5.62. The lowest BCUT2D eigenvalue weighted by molar-refractivity contribution is 0.647. The van der Waals surface area contributed by atoms with Crippen molar-refractivity contribution >= 4 is 21.9 Å². The average Bonchev–Trinajstić information content (AvgIpc) is 3.70. The smallest absolute Gasteiger partial charge is 0.182 e. The van der Waals surface area contributed by atoms with E-state index in [-0.39, 0.29) is 10.8 Å². The van der Waals surface area contributed by atoms with E-state index in [4.69, 9.17) is 19.4 Å². The van der Waals surface area contributed by atoms with Gasteiger partial charge < -0.3 is 4.42 Å². The maximum absolute atomic E-state index is 6.75. The summed E-state index contributed by atoms with van der Waals surface area (Å²) < 4.78 is 6.75. The second-order valence-corrected chi connectivity index (χ2v) is 14.3. The first-order valence-corrected chi connectivity index (χ1v) is 16.8. The molecule has 5 aromatic carbocycles. The number of nitrogens with zero attached hydrogens (tertiary/aromatic N) is 4. The summed E-state index contributed by atoms with van der Waals surface area (Å²) in [5, 5.41) is 2.12. The molecule has 49 heavy (non-hydrogen) atoms. The summed E-state index contributed by atoms with van der Waals surface area (Å²) >= 11 is 0. The number of rotatable bonds is 3. The lowest BCUT2D eigenvalue weighted by Crippen LogP contribution is -2.15. The van der Waals surface area contributed by atoms with Crippen LogP contribution in [0.3, 0.4) is 0 Å². The Morgan fingerprint density at radius 3 is 1.86 bits per heavy atom. The fourth-order valence-electron chi connectivity index (χ4n) is 8.25. The van der Waals surface area contributed by atoms with E-state index >= 15 is 0 Å². The van der Waals surface area contributed by atoms with Crippen LogP contribution in [0.15, 0.2) is 126 Å². The molecule has 0 saturated heterocycles. The number of aromatic nitrogens is 4. The van der Waals surface area contributed by atoms with Crippen LogP contribution >= 0.6 is 0 Å². The molecule has 0 unspecified atom stereocenters. The minimum absolute atomic E-state index is 0.117. The number of benzene rings is 5. The lowest BCUT2D eigenvalue weighted by Gasteiger charge is -2.21. The molecule has 5 heteroatoms. The van der Waals surface area contributed by atoms with E-state index in [1.807, 2.05) is 24.3 Å². The summed E-state index contributed by atoms with van der Waals surface area (Å²) in [5.74, 6) is 1.68. The molecule has 0 fully saturated rings. The first-order valence-electron chi connectivity index (χ1n) is 16.8. The normalized spacial score (nSPS) is 14.9. The molecule has 0 radical (unpaired) electrons. The van der Waals surface area contributed by atoms with Crippen LogP contribution in [-0.4, -0.2) is 19.9 Å². The van der Waals surface area contributed by atoms with Gasteiger partial charge in [-0.25, -0.2) is 15.0 Å². The van der Waals surface area contributed by atoms with Crippen LogP contribution in [-0.2, 0) is 10.8 Å². The maximum atomic E-state index is 6.75. The number of furan rings is 1. The van der Waals surface area contributed by atoms with E-state index < -0.39 is 0 Å². The quantitative estimate of drug-likeness (QED) is 0.194. The Bertz CT molecular complexity index is 2670. The number of hydrogen-bond donors (Lipinski definition) is 0. The van der Waals surface area contributed by atoms with Crippen LogP contribution in [0.25, 0.3) is 78.5 Å². The Labute approximate surface area is 284 Å². The molecule has 5 nitrogen and oxygen atoms in total. The summed E-state index contributed by atoms with van der Waals surface area (Å²) in [6.45, 7) is 9.17. The van der Waals surface area contributed by atoms with Crippen LogP contribution in [0.5, 0.6) is 0 Å². The summed E-state index contributed by atoms with van der Waals surface area (Å²) in [4.78, 5) is 19.8. The molecule has 0 saturated carbocycles. The predicted octanol–water partition coefficient (Wildman–Crippen LogP) is 10.8. The molecule has 0 amide bonds. The maximum Gasteiger partial charge on any atom is 0.182 e. The molecule has 8 aromatic rings. The van der Waals surface area contributed by atoms with E-state index in [0.717, 1.165) is 33.1 Å². The van der Waals surface area contributed by atoms with Crippen molar-refractivity contribution in [2.75, 3.05) is 0 Å². The van der Waals surface area contributed by atoms with Crippen molar-refractivity contribution < 1.29 is 4.42 Å². The minimum Gasteiger partial charge on any atom is -0.455 e. The highest BCUT2D eigenvalue weighted by atomic mass is 16.3. The van der Waals surface area contributed by atoms with Crippen molar-refractivity contribution in [3.8, 4) is 56.5 Å². The summed E-state index contributed by atoms with van der Waals surface area (Å²) in [7, 11) is 0. The van der Waals surface area contributed by atoms with Gasteiger partial charge in [0.25, 0.3) is 0 Å². The lowest BCUT2D eigenvalue weighted by atomic mass is 9.82. The van der Waals surface area contributed by atoms with Crippen LogP contribution in [0.4, 0.5) is 0 Å². The topological polar surface area (TPSA) is 64.7 Å². The van der Waals surface area contributed by atoms with Gasteiger partial charge in [-0.1, -0.05) is 107 Å². The van der Waals surface area contributed by atoms with Gasteiger partial charge in [0.1, 0.15) is 16.9 Å². The summed E-state index contributed by atoms with van der Waals surface area (Å²) in [6, 6.07) is 40.6. The number of para-hydroxylation sites is 1. The zero-order chi connectivity index (χ0) is 33.1. The predicted molar refractivity (Wildman–Crippen MR) is 196 cm³/mol. The Hall–Kier alpha value is -5.94. The summed E-state index contributed by atoms with van der Waals surface area (Å²) in [5.41, 5.74) is 14.2. The van der Waals surface area contributed by atoms with Crippen LogP contribution in [0.2, 0.25) is 0 Å². The first kappa shape index (κ1) is 28.1. The van der Waals surface area contributed by atoms with Crippen molar-refractivity contribution in [1.82, 2.24) is 19.9 Å². The monoisotopic (exact) mass is 632 g/mol. The van der Waals surface area contributed by atoms with Gasteiger partial charge >= 0.3 is 0 Å². The molecule has 3 heterocycles. The second-order valence-electron chi connectivity index (χ2n) is 14.3. The highest BCUT2D eigenvalue weighted by Crippen LogP contribution is 2.52. The third kappa shape index (κ3) is 3.93. The molecule has 0 aliphatic heterocycles. The fourth-order valence-corrected chi connectivity index (χ4v) is 8.25. The standard InChI is InChI=1S/C44H32N4O/c1-43(2)33-16-7-5-12-26(33)28-20-19-25(22-35(28)43)40-46-41(48-42(47-40)37-18-9-10-21-45-37)30-15-11-14-29-32-23-31-27-13-6-8-17-34(27)44(3,4)36(31)24-38(32)49-39(29)30/h5-24H,1-4H3. The van der Waals surface area contributed by atoms with Crippen molar-refractivity contribution in [3.05, 3.63) is 144 Å². The number of fused-ring (bicyclic) bond motifs is 9. The third-order valence-electron chi connectivity index (χ3n) is 10.8. The molecule has 234 valence electrons. The van der Waals surface area contributed by atoms with Crippen molar-refractivity contribution in [1.29, 1.82) is 0 Å². The first-order chi connectivity index (χ1) is 23.8. The molecule has 0 atom stereocenters. The second kappa shape index (κ2) is 9.80. The fraction of sp³-hybridized carbons (Fsp3) is 0.136. The zero-order valence-electron chi connectivity index (χ0n) is 27.7. The minimum atomic E-state index is -0.142. The van der Waals surface area contributed by atoms with Gasteiger partial charge in [-0.15, -0.1) is 0 Å². The van der Waals surface area contributed by atoms with E-state index in [2.05, 4.69) is 124 Å². The number of pyridine rings is 1. The van der Waals surface area contributed by atoms with Gasteiger partial charge in [0.15, 0.2) is 17.5 Å². The number of hydrogen-bond acceptors (Lipinski definition) is 5. The van der Waals surface area contributed by atoms with Crippen molar-refractivity contribution in [3.63, 3.8) is 0 Å². The van der Waals surface area contributed by atoms with Gasteiger partial charge in [-0.2, -0.15) is 0 Å².